The van der Waals surface area contributed by atoms with E-state index in [0.717, 1.165) is 9.79 Å². The number of likely N-dealkylation sites (tertiary alicyclic amines) is 1. The van der Waals surface area contributed by atoms with E-state index >= 15 is 0 Å². The molecule has 0 aliphatic carbocycles. The first-order chi connectivity index (χ1) is 15.8. The normalized spacial score (nSPS) is 14.8. The number of ether oxygens (including phenoxy) is 1. The van der Waals surface area contributed by atoms with Gasteiger partial charge in [-0.25, -0.2) is 0 Å². The SMILES string of the molecule is CCOC(=O)C1CCN(C(=O)/C=C/c2ccc(Sc3ccccc3C(C)C)c(Cl)c2Cl)CC1. The molecule has 2 aromatic carbocycles. The van der Waals surface area contributed by atoms with Gasteiger partial charge in [-0.05, 0) is 55.0 Å². The minimum absolute atomic E-state index is 0.103. The summed E-state index contributed by atoms with van der Waals surface area (Å²) in [7, 11) is 0. The number of amides is 1. The minimum atomic E-state index is -0.171. The van der Waals surface area contributed by atoms with Gasteiger partial charge >= 0.3 is 5.97 Å². The van der Waals surface area contributed by atoms with Gasteiger partial charge in [0, 0.05) is 29.0 Å². The molecule has 3 rings (SSSR count). The van der Waals surface area contributed by atoms with Crippen molar-refractivity contribution in [2.75, 3.05) is 19.7 Å². The lowest BCUT2D eigenvalue weighted by Crippen LogP contribution is -2.39. The summed E-state index contributed by atoms with van der Waals surface area (Å²) in [6.45, 7) is 7.58. The highest BCUT2D eigenvalue weighted by Crippen LogP contribution is 2.41. The van der Waals surface area contributed by atoms with Gasteiger partial charge in [0.25, 0.3) is 0 Å². The Balaban J connectivity index is 1.66. The summed E-state index contributed by atoms with van der Waals surface area (Å²) >= 11 is 14.7. The molecule has 7 heteroatoms. The molecule has 2 aromatic rings. The molecule has 1 aliphatic heterocycles. The lowest BCUT2D eigenvalue weighted by Gasteiger charge is -2.30. The Labute approximate surface area is 210 Å². The highest BCUT2D eigenvalue weighted by molar-refractivity contribution is 7.99. The predicted molar refractivity (Wildman–Crippen MR) is 136 cm³/mol. The van der Waals surface area contributed by atoms with Crippen LogP contribution in [0.15, 0.2) is 52.3 Å². The van der Waals surface area contributed by atoms with Crippen molar-refractivity contribution in [3.05, 3.63) is 63.6 Å². The lowest BCUT2D eigenvalue weighted by atomic mass is 9.97. The molecule has 0 aromatic heterocycles. The Morgan fingerprint density at radius 2 is 1.79 bits per heavy atom. The number of esters is 1. The zero-order chi connectivity index (χ0) is 24.0. The Morgan fingerprint density at radius 1 is 1.09 bits per heavy atom. The third kappa shape index (κ3) is 6.56. The van der Waals surface area contributed by atoms with Gasteiger partial charge in [0.2, 0.25) is 5.91 Å². The number of rotatable bonds is 7. The highest BCUT2D eigenvalue weighted by Gasteiger charge is 2.27. The van der Waals surface area contributed by atoms with Gasteiger partial charge in [-0.1, -0.05) is 73.1 Å². The summed E-state index contributed by atoms with van der Waals surface area (Å²) in [5, 5.41) is 0.902. The molecule has 0 spiro atoms. The van der Waals surface area contributed by atoms with Gasteiger partial charge in [-0.2, -0.15) is 0 Å². The fraction of sp³-hybridized carbons (Fsp3) is 0.385. The molecule has 176 valence electrons. The monoisotopic (exact) mass is 505 g/mol. The van der Waals surface area contributed by atoms with Crippen molar-refractivity contribution in [3.8, 4) is 0 Å². The second-order valence-electron chi connectivity index (χ2n) is 8.26. The van der Waals surface area contributed by atoms with Crippen molar-refractivity contribution in [2.24, 2.45) is 5.92 Å². The van der Waals surface area contributed by atoms with Crippen LogP contribution in [0.5, 0.6) is 0 Å². The van der Waals surface area contributed by atoms with E-state index < -0.39 is 0 Å². The number of carbonyl (C=O) groups excluding carboxylic acids is 2. The molecule has 1 heterocycles. The Morgan fingerprint density at radius 3 is 2.45 bits per heavy atom. The molecule has 1 fully saturated rings. The first-order valence-corrected chi connectivity index (χ1v) is 12.8. The smallest absolute Gasteiger partial charge is 0.309 e. The third-order valence-electron chi connectivity index (χ3n) is 5.67. The number of nitrogens with zero attached hydrogens (tertiary/aromatic N) is 1. The van der Waals surface area contributed by atoms with Gasteiger partial charge in [0.05, 0.1) is 22.6 Å². The van der Waals surface area contributed by atoms with Crippen LogP contribution in [0.3, 0.4) is 0 Å². The Bertz CT molecular complexity index is 1030. The molecule has 0 bridgehead atoms. The van der Waals surface area contributed by atoms with Gasteiger partial charge in [-0.3, -0.25) is 9.59 Å². The van der Waals surface area contributed by atoms with Crippen LogP contribution >= 0.6 is 35.0 Å². The maximum absolute atomic E-state index is 12.6. The molecular weight excluding hydrogens is 477 g/mol. The Hall–Kier alpha value is -1.95. The summed E-state index contributed by atoms with van der Waals surface area (Å²) in [5.41, 5.74) is 1.95. The predicted octanol–water partition coefficient (Wildman–Crippen LogP) is 7.08. The van der Waals surface area contributed by atoms with Crippen LogP contribution in [0.2, 0.25) is 10.0 Å². The van der Waals surface area contributed by atoms with Crippen molar-refractivity contribution in [1.82, 2.24) is 4.90 Å². The molecule has 0 unspecified atom stereocenters. The molecule has 4 nitrogen and oxygen atoms in total. The Kier molecular flexibility index (Phi) is 9.30. The van der Waals surface area contributed by atoms with Crippen LogP contribution in [0.25, 0.3) is 6.08 Å². The minimum Gasteiger partial charge on any atom is -0.466 e. The quantitative estimate of drug-likeness (QED) is 0.297. The zero-order valence-corrected chi connectivity index (χ0v) is 21.5. The first kappa shape index (κ1) is 25.7. The van der Waals surface area contributed by atoms with E-state index in [-0.39, 0.29) is 17.8 Å². The van der Waals surface area contributed by atoms with E-state index in [1.807, 2.05) is 24.3 Å². The second-order valence-corrected chi connectivity index (χ2v) is 10.1. The summed E-state index contributed by atoms with van der Waals surface area (Å²) < 4.78 is 5.09. The molecule has 33 heavy (non-hydrogen) atoms. The number of hydrogen-bond donors (Lipinski definition) is 0. The van der Waals surface area contributed by atoms with E-state index in [1.165, 1.54) is 11.6 Å². The number of hydrogen-bond acceptors (Lipinski definition) is 4. The summed E-state index contributed by atoms with van der Waals surface area (Å²) in [6, 6.07) is 12.1. The van der Waals surface area contributed by atoms with Crippen molar-refractivity contribution in [1.29, 1.82) is 0 Å². The molecule has 0 N–H and O–H groups in total. The number of benzene rings is 2. The van der Waals surface area contributed by atoms with E-state index in [4.69, 9.17) is 27.9 Å². The topological polar surface area (TPSA) is 46.6 Å². The molecule has 1 amide bonds. The van der Waals surface area contributed by atoms with Crippen molar-refractivity contribution in [3.63, 3.8) is 0 Å². The standard InChI is InChI=1S/C26H29Cl2NO3S/c1-4-32-26(31)19-13-15-29(16-14-19)23(30)12-10-18-9-11-22(25(28)24(18)27)33-21-8-6-5-7-20(21)17(2)3/h5-12,17,19H,4,13-16H2,1-3H3/b12-10+. The van der Waals surface area contributed by atoms with Crippen LogP contribution in [0.1, 0.15) is 50.7 Å². The van der Waals surface area contributed by atoms with E-state index in [2.05, 4.69) is 26.0 Å². The largest absolute Gasteiger partial charge is 0.466 e. The van der Waals surface area contributed by atoms with E-state index in [0.29, 0.717) is 54.1 Å². The molecule has 1 saturated heterocycles. The number of halogens is 2. The van der Waals surface area contributed by atoms with Gasteiger partial charge in [-0.15, -0.1) is 0 Å². The van der Waals surface area contributed by atoms with Crippen LogP contribution < -0.4 is 0 Å². The first-order valence-electron chi connectivity index (χ1n) is 11.2. The van der Waals surface area contributed by atoms with Crippen LogP contribution in [0.4, 0.5) is 0 Å². The van der Waals surface area contributed by atoms with Crippen molar-refractivity contribution < 1.29 is 14.3 Å². The average molecular weight is 506 g/mol. The second kappa shape index (κ2) is 12.0. The van der Waals surface area contributed by atoms with Gasteiger partial charge in [0.1, 0.15) is 0 Å². The number of carbonyl (C=O) groups is 2. The number of piperidine rings is 1. The fourth-order valence-electron chi connectivity index (χ4n) is 3.79. The fourth-order valence-corrected chi connectivity index (χ4v) is 5.49. The van der Waals surface area contributed by atoms with Gasteiger partial charge < -0.3 is 9.64 Å². The van der Waals surface area contributed by atoms with Gasteiger partial charge in [0.15, 0.2) is 0 Å². The summed E-state index contributed by atoms with van der Waals surface area (Å²) in [5.74, 6) is -0.0000207. The van der Waals surface area contributed by atoms with Crippen LogP contribution in [-0.4, -0.2) is 36.5 Å². The van der Waals surface area contributed by atoms with Crippen molar-refractivity contribution in [2.45, 2.75) is 49.3 Å². The van der Waals surface area contributed by atoms with E-state index in [9.17, 15) is 9.59 Å². The molecular formula is C26H29Cl2NO3S. The third-order valence-corrected chi connectivity index (χ3v) is 7.83. The van der Waals surface area contributed by atoms with Crippen LogP contribution in [0, 0.1) is 5.92 Å². The van der Waals surface area contributed by atoms with E-state index in [1.54, 1.807) is 29.7 Å². The molecule has 1 aliphatic rings. The maximum atomic E-state index is 12.6. The summed E-state index contributed by atoms with van der Waals surface area (Å²) in [6.07, 6.45) is 4.46. The van der Waals surface area contributed by atoms with Crippen molar-refractivity contribution >= 4 is 52.9 Å². The lowest BCUT2D eigenvalue weighted by molar-refractivity contribution is -0.150. The molecule has 0 saturated carbocycles. The maximum Gasteiger partial charge on any atom is 0.309 e. The average Bonchev–Trinajstić information content (AvgIpc) is 2.82. The van der Waals surface area contributed by atoms with Crippen LogP contribution in [-0.2, 0) is 14.3 Å². The molecule has 0 radical (unpaired) electrons. The summed E-state index contributed by atoms with van der Waals surface area (Å²) in [4.78, 5) is 28.3. The zero-order valence-electron chi connectivity index (χ0n) is 19.1. The molecule has 0 atom stereocenters. The highest BCUT2D eigenvalue weighted by atomic mass is 35.5.